The zero-order chi connectivity index (χ0) is 18.6. The normalized spacial score (nSPS) is 14.7. The lowest BCUT2D eigenvalue weighted by molar-refractivity contribution is -0.146. The molecule has 140 valence electrons. The lowest BCUT2D eigenvalue weighted by Gasteiger charge is -2.35. The highest BCUT2D eigenvalue weighted by molar-refractivity contribution is 5.86. The van der Waals surface area contributed by atoms with Gasteiger partial charge < -0.3 is 14.4 Å². The highest BCUT2D eigenvalue weighted by Gasteiger charge is 2.32. The third-order valence-corrected chi connectivity index (χ3v) is 5.01. The van der Waals surface area contributed by atoms with Crippen molar-refractivity contribution in [1.82, 2.24) is 14.4 Å². The minimum Gasteiger partial charge on any atom is -0.353 e. The molecule has 1 fully saturated rings. The number of carbonyl (C=O) groups is 2. The molecule has 0 unspecified atom stereocenters. The van der Waals surface area contributed by atoms with Crippen LogP contribution in [-0.2, 0) is 23.2 Å². The molecule has 1 aromatic rings. The summed E-state index contributed by atoms with van der Waals surface area (Å²) in [6.07, 6.45) is 5.06. The van der Waals surface area contributed by atoms with Crippen LogP contribution in [-0.4, -0.2) is 45.3 Å². The molecule has 2 rings (SSSR count). The summed E-state index contributed by atoms with van der Waals surface area (Å²) in [4.78, 5) is 29.3. The van der Waals surface area contributed by atoms with Crippen molar-refractivity contribution in [3.8, 4) is 0 Å². The fourth-order valence-electron chi connectivity index (χ4n) is 3.20. The van der Waals surface area contributed by atoms with E-state index in [1.807, 2.05) is 48.7 Å². The SMILES string of the molecule is CC(C)CN(Cc1cccn1C)C(=O)CN(C(=O)C1CCC1)C(C)C. The molecule has 1 heterocycles. The Morgan fingerprint density at radius 3 is 2.36 bits per heavy atom. The van der Waals surface area contributed by atoms with E-state index in [2.05, 4.69) is 13.8 Å². The van der Waals surface area contributed by atoms with Gasteiger partial charge in [0.1, 0.15) is 0 Å². The van der Waals surface area contributed by atoms with Gasteiger partial charge in [0.15, 0.2) is 0 Å². The van der Waals surface area contributed by atoms with Crippen molar-refractivity contribution in [3.05, 3.63) is 24.0 Å². The van der Waals surface area contributed by atoms with Crippen molar-refractivity contribution in [2.75, 3.05) is 13.1 Å². The van der Waals surface area contributed by atoms with Gasteiger partial charge in [0, 0.05) is 37.4 Å². The van der Waals surface area contributed by atoms with Gasteiger partial charge in [-0.25, -0.2) is 0 Å². The summed E-state index contributed by atoms with van der Waals surface area (Å²) in [7, 11) is 1.99. The topological polar surface area (TPSA) is 45.6 Å². The minimum absolute atomic E-state index is 0.0382. The molecule has 5 nitrogen and oxygen atoms in total. The molecule has 1 aromatic heterocycles. The molecule has 0 atom stereocenters. The van der Waals surface area contributed by atoms with Gasteiger partial charge in [0.2, 0.25) is 11.8 Å². The standard InChI is InChI=1S/C20H33N3O2/c1-15(2)12-22(13-18-10-7-11-21(18)5)19(24)14-23(16(3)4)20(25)17-8-6-9-17/h7,10-11,15-17H,6,8-9,12-14H2,1-5H3. The number of carbonyl (C=O) groups excluding carboxylic acids is 2. The monoisotopic (exact) mass is 347 g/mol. The first-order valence-corrected chi connectivity index (χ1v) is 9.48. The van der Waals surface area contributed by atoms with Gasteiger partial charge in [-0.2, -0.15) is 0 Å². The Labute approximate surface area is 152 Å². The summed E-state index contributed by atoms with van der Waals surface area (Å²) >= 11 is 0. The maximum atomic E-state index is 13.0. The van der Waals surface area contributed by atoms with Crippen molar-refractivity contribution in [2.24, 2.45) is 18.9 Å². The Balaban J connectivity index is 2.08. The average Bonchev–Trinajstić information content (AvgIpc) is 2.86. The highest BCUT2D eigenvalue weighted by Crippen LogP contribution is 2.29. The van der Waals surface area contributed by atoms with Crippen LogP contribution in [0.25, 0.3) is 0 Å². The molecule has 0 bridgehead atoms. The van der Waals surface area contributed by atoms with E-state index in [0.29, 0.717) is 19.0 Å². The molecule has 5 heteroatoms. The van der Waals surface area contributed by atoms with Crippen LogP contribution in [0.4, 0.5) is 0 Å². The van der Waals surface area contributed by atoms with E-state index in [9.17, 15) is 9.59 Å². The summed E-state index contributed by atoms with van der Waals surface area (Å²) < 4.78 is 2.04. The van der Waals surface area contributed by atoms with E-state index >= 15 is 0 Å². The number of aromatic nitrogens is 1. The summed E-state index contributed by atoms with van der Waals surface area (Å²) in [6, 6.07) is 4.09. The maximum Gasteiger partial charge on any atom is 0.242 e. The van der Waals surface area contributed by atoms with Gasteiger partial charge in [-0.15, -0.1) is 0 Å². The molecule has 25 heavy (non-hydrogen) atoms. The van der Waals surface area contributed by atoms with Gasteiger partial charge in [-0.3, -0.25) is 9.59 Å². The van der Waals surface area contributed by atoms with Gasteiger partial charge in [0.25, 0.3) is 0 Å². The van der Waals surface area contributed by atoms with E-state index < -0.39 is 0 Å². The van der Waals surface area contributed by atoms with Crippen LogP contribution >= 0.6 is 0 Å². The Morgan fingerprint density at radius 1 is 1.24 bits per heavy atom. The molecule has 0 spiro atoms. The van der Waals surface area contributed by atoms with Gasteiger partial charge in [-0.05, 0) is 44.7 Å². The van der Waals surface area contributed by atoms with Crippen LogP contribution in [0.1, 0.15) is 52.7 Å². The zero-order valence-electron chi connectivity index (χ0n) is 16.4. The Bertz CT molecular complexity index is 588. The maximum absolute atomic E-state index is 13.0. The first kappa shape index (κ1) is 19.5. The Hall–Kier alpha value is -1.78. The summed E-state index contributed by atoms with van der Waals surface area (Å²) in [5.41, 5.74) is 1.11. The highest BCUT2D eigenvalue weighted by atomic mass is 16.2. The second kappa shape index (κ2) is 8.54. The summed E-state index contributed by atoms with van der Waals surface area (Å²) in [6.45, 7) is 9.69. The van der Waals surface area contributed by atoms with Gasteiger partial charge in [-0.1, -0.05) is 20.3 Å². The molecular formula is C20H33N3O2. The molecular weight excluding hydrogens is 314 g/mol. The van der Waals surface area contributed by atoms with Crippen LogP contribution in [0.15, 0.2) is 18.3 Å². The van der Waals surface area contributed by atoms with Crippen molar-refractivity contribution < 1.29 is 9.59 Å². The fraction of sp³-hybridized carbons (Fsp3) is 0.700. The number of amides is 2. The largest absolute Gasteiger partial charge is 0.353 e. The number of hydrogen-bond acceptors (Lipinski definition) is 2. The lowest BCUT2D eigenvalue weighted by Crippen LogP contribution is -2.49. The molecule has 0 N–H and O–H groups in total. The molecule has 1 aliphatic carbocycles. The van der Waals surface area contributed by atoms with Crippen molar-refractivity contribution in [1.29, 1.82) is 0 Å². The summed E-state index contributed by atoms with van der Waals surface area (Å²) in [5, 5.41) is 0. The first-order chi connectivity index (χ1) is 11.8. The van der Waals surface area contributed by atoms with E-state index in [4.69, 9.17) is 0 Å². The fourth-order valence-corrected chi connectivity index (χ4v) is 3.20. The Kier molecular flexibility index (Phi) is 6.68. The quantitative estimate of drug-likeness (QED) is 0.725. The van der Waals surface area contributed by atoms with Crippen LogP contribution in [0.5, 0.6) is 0 Å². The van der Waals surface area contributed by atoms with E-state index in [0.717, 1.165) is 25.0 Å². The van der Waals surface area contributed by atoms with Crippen molar-refractivity contribution in [3.63, 3.8) is 0 Å². The second-order valence-corrected chi connectivity index (χ2v) is 7.97. The second-order valence-electron chi connectivity index (χ2n) is 7.97. The van der Waals surface area contributed by atoms with Crippen molar-refractivity contribution in [2.45, 2.75) is 59.5 Å². The van der Waals surface area contributed by atoms with Crippen molar-refractivity contribution >= 4 is 11.8 Å². The summed E-state index contributed by atoms with van der Waals surface area (Å²) in [5.74, 6) is 0.704. The molecule has 1 aliphatic rings. The minimum atomic E-state index is 0.0382. The van der Waals surface area contributed by atoms with E-state index in [-0.39, 0.29) is 30.3 Å². The third-order valence-electron chi connectivity index (χ3n) is 5.01. The lowest BCUT2D eigenvalue weighted by atomic mass is 9.84. The van der Waals surface area contributed by atoms with Crippen LogP contribution in [0, 0.1) is 11.8 Å². The number of hydrogen-bond donors (Lipinski definition) is 0. The number of rotatable bonds is 8. The molecule has 0 aromatic carbocycles. The van der Waals surface area contributed by atoms with Gasteiger partial charge in [0.05, 0.1) is 13.1 Å². The van der Waals surface area contributed by atoms with E-state index in [1.165, 1.54) is 0 Å². The smallest absolute Gasteiger partial charge is 0.242 e. The van der Waals surface area contributed by atoms with Crippen LogP contribution < -0.4 is 0 Å². The molecule has 0 saturated heterocycles. The first-order valence-electron chi connectivity index (χ1n) is 9.48. The predicted octanol–water partition coefficient (Wildman–Crippen LogP) is 3.05. The molecule has 0 aliphatic heterocycles. The van der Waals surface area contributed by atoms with Crippen LogP contribution in [0.2, 0.25) is 0 Å². The molecule has 0 radical (unpaired) electrons. The van der Waals surface area contributed by atoms with Crippen LogP contribution in [0.3, 0.4) is 0 Å². The Morgan fingerprint density at radius 2 is 1.92 bits per heavy atom. The number of aryl methyl sites for hydroxylation is 1. The third kappa shape index (κ3) is 5.10. The zero-order valence-corrected chi connectivity index (χ0v) is 16.4. The van der Waals surface area contributed by atoms with E-state index in [1.54, 1.807) is 4.90 Å². The number of nitrogens with zero attached hydrogens (tertiary/aromatic N) is 3. The molecule has 2 amide bonds. The van der Waals surface area contributed by atoms with Gasteiger partial charge >= 0.3 is 0 Å². The molecule has 1 saturated carbocycles. The average molecular weight is 348 g/mol. The predicted molar refractivity (Wildman–Crippen MR) is 99.9 cm³/mol.